The van der Waals surface area contributed by atoms with Crippen LogP contribution in [0.5, 0.6) is 0 Å². The number of para-hydroxylation sites is 2. The SMILES string of the molecule is O=C1C[C@@H](c2ccccc2)CC2=C1C=Nc1ccccc1N2C[NH+]1CCCCC1. The summed E-state index contributed by atoms with van der Waals surface area (Å²) in [6, 6.07) is 18.8. The van der Waals surface area contributed by atoms with E-state index in [1.165, 1.54) is 37.9 Å². The van der Waals surface area contributed by atoms with Crippen LogP contribution >= 0.6 is 0 Å². The zero-order valence-corrected chi connectivity index (χ0v) is 16.8. The number of nitrogens with one attached hydrogen (secondary N) is 1. The molecule has 148 valence electrons. The van der Waals surface area contributed by atoms with Gasteiger partial charge in [-0.1, -0.05) is 42.5 Å². The Morgan fingerprint density at radius 2 is 1.69 bits per heavy atom. The number of allylic oxidation sites excluding steroid dienone is 2. The first-order chi connectivity index (χ1) is 14.3. The highest BCUT2D eigenvalue weighted by Crippen LogP contribution is 2.41. The first kappa shape index (κ1) is 18.3. The normalized spacial score (nSPS) is 22.3. The monoisotopic (exact) mass is 386 g/mol. The van der Waals surface area contributed by atoms with E-state index in [2.05, 4.69) is 47.4 Å². The van der Waals surface area contributed by atoms with Gasteiger partial charge in [0.15, 0.2) is 12.5 Å². The molecule has 1 atom stereocenters. The van der Waals surface area contributed by atoms with Crippen molar-refractivity contribution in [3.63, 3.8) is 0 Å². The molecule has 0 bridgehead atoms. The Balaban J connectivity index is 1.55. The molecule has 1 aliphatic carbocycles. The van der Waals surface area contributed by atoms with E-state index in [1.54, 1.807) is 4.90 Å². The minimum atomic E-state index is 0.218. The Morgan fingerprint density at radius 1 is 0.931 bits per heavy atom. The van der Waals surface area contributed by atoms with Gasteiger partial charge in [-0.05, 0) is 49.3 Å². The zero-order valence-electron chi connectivity index (χ0n) is 16.8. The first-order valence-electron chi connectivity index (χ1n) is 10.8. The summed E-state index contributed by atoms with van der Waals surface area (Å²) < 4.78 is 0. The van der Waals surface area contributed by atoms with Gasteiger partial charge in [0.05, 0.1) is 30.0 Å². The molecule has 0 amide bonds. The largest absolute Gasteiger partial charge is 0.318 e. The maximum atomic E-state index is 13.2. The van der Waals surface area contributed by atoms with Crippen molar-refractivity contribution in [1.82, 2.24) is 0 Å². The van der Waals surface area contributed by atoms with Crippen molar-refractivity contribution in [3.05, 3.63) is 71.4 Å². The summed E-state index contributed by atoms with van der Waals surface area (Å²) in [5.74, 6) is 0.454. The summed E-state index contributed by atoms with van der Waals surface area (Å²) in [6.07, 6.45) is 7.20. The summed E-state index contributed by atoms with van der Waals surface area (Å²) in [5, 5.41) is 0. The van der Waals surface area contributed by atoms with Gasteiger partial charge in [-0.3, -0.25) is 14.7 Å². The topological polar surface area (TPSA) is 37.1 Å². The van der Waals surface area contributed by atoms with Gasteiger partial charge in [0.1, 0.15) is 0 Å². The Kier molecular flexibility index (Phi) is 5.03. The predicted molar refractivity (Wildman–Crippen MR) is 117 cm³/mol. The van der Waals surface area contributed by atoms with Crippen LogP contribution in [-0.4, -0.2) is 31.8 Å². The summed E-state index contributed by atoms with van der Waals surface area (Å²) in [5.41, 5.74) is 5.31. The Morgan fingerprint density at radius 3 is 2.52 bits per heavy atom. The van der Waals surface area contributed by atoms with Crippen LogP contribution in [0.4, 0.5) is 11.4 Å². The number of anilines is 1. The van der Waals surface area contributed by atoms with E-state index in [-0.39, 0.29) is 11.7 Å². The van der Waals surface area contributed by atoms with E-state index in [0.29, 0.717) is 6.42 Å². The van der Waals surface area contributed by atoms with Crippen LogP contribution in [-0.2, 0) is 4.79 Å². The molecule has 0 spiro atoms. The molecular formula is C25H28N3O+. The number of Topliss-reactive ketones (excluding diaryl/α,β-unsaturated/α-hetero) is 1. The minimum Gasteiger partial charge on any atom is -0.318 e. The van der Waals surface area contributed by atoms with Crippen LogP contribution in [0.2, 0.25) is 0 Å². The number of ketones is 1. The Hall–Kier alpha value is -2.72. The lowest BCUT2D eigenvalue weighted by Gasteiger charge is -2.36. The molecule has 1 saturated heterocycles. The standard InChI is InChI=1S/C25H27N3O/c29-25-16-20(19-9-3-1-4-10-19)15-24-21(25)17-26-22-11-5-6-12-23(22)28(24)18-27-13-7-2-8-14-27/h1,3-6,9-12,17,20H,2,7-8,13-16,18H2/p+1/t20-/m0/s1. The second-order valence-electron chi connectivity index (χ2n) is 8.44. The van der Waals surface area contributed by atoms with Crippen molar-refractivity contribution >= 4 is 23.4 Å². The smallest absolute Gasteiger partial charge is 0.166 e. The van der Waals surface area contributed by atoms with Crippen LogP contribution in [0.25, 0.3) is 0 Å². The highest BCUT2D eigenvalue weighted by atomic mass is 16.1. The number of carbonyl (C=O) groups excluding carboxylic acids is 1. The number of aliphatic imine (C=N–C) groups is 1. The van der Waals surface area contributed by atoms with Crippen LogP contribution < -0.4 is 9.80 Å². The van der Waals surface area contributed by atoms with Crippen LogP contribution in [0.15, 0.2) is 70.9 Å². The maximum absolute atomic E-state index is 13.2. The van der Waals surface area contributed by atoms with Gasteiger partial charge >= 0.3 is 0 Å². The number of benzene rings is 2. The lowest BCUT2D eigenvalue weighted by molar-refractivity contribution is -0.903. The fraction of sp³-hybridized carbons (Fsp3) is 0.360. The predicted octanol–water partition coefficient (Wildman–Crippen LogP) is 3.64. The van der Waals surface area contributed by atoms with E-state index in [0.717, 1.165) is 35.7 Å². The van der Waals surface area contributed by atoms with Crippen molar-refractivity contribution in [2.24, 2.45) is 4.99 Å². The number of piperidine rings is 1. The van der Waals surface area contributed by atoms with Crippen molar-refractivity contribution in [3.8, 4) is 0 Å². The first-order valence-corrected chi connectivity index (χ1v) is 10.8. The number of likely N-dealkylation sites (tertiary alicyclic amines) is 1. The molecular weight excluding hydrogens is 358 g/mol. The van der Waals surface area contributed by atoms with Crippen molar-refractivity contribution < 1.29 is 9.69 Å². The van der Waals surface area contributed by atoms with E-state index in [1.807, 2.05) is 18.3 Å². The van der Waals surface area contributed by atoms with Crippen molar-refractivity contribution in [1.29, 1.82) is 0 Å². The lowest BCUT2D eigenvalue weighted by Crippen LogP contribution is -3.14. The molecule has 0 saturated carbocycles. The summed E-state index contributed by atoms with van der Waals surface area (Å²) in [6.45, 7) is 3.32. The van der Waals surface area contributed by atoms with Crippen molar-refractivity contribution in [2.75, 3.05) is 24.7 Å². The second kappa shape index (κ2) is 7.96. The molecule has 4 heteroatoms. The quantitative estimate of drug-likeness (QED) is 0.875. The van der Waals surface area contributed by atoms with Gasteiger partial charge in [0, 0.05) is 18.3 Å². The highest BCUT2D eigenvalue weighted by Gasteiger charge is 2.34. The number of quaternary nitrogens is 1. The average Bonchev–Trinajstić information content (AvgIpc) is 2.93. The van der Waals surface area contributed by atoms with Gasteiger partial charge in [-0.25, -0.2) is 0 Å². The molecule has 3 aliphatic rings. The fourth-order valence-electron chi connectivity index (χ4n) is 4.97. The number of carbonyl (C=O) groups is 1. The van der Waals surface area contributed by atoms with Crippen LogP contribution in [0.3, 0.4) is 0 Å². The number of nitrogens with zero attached hydrogens (tertiary/aromatic N) is 2. The third-order valence-electron chi connectivity index (χ3n) is 6.53. The molecule has 0 unspecified atom stereocenters. The number of rotatable bonds is 3. The van der Waals surface area contributed by atoms with Crippen LogP contribution in [0.1, 0.15) is 43.6 Å². The zero-order chi connectivity index (χ0) is 19.6. The summed E-state index contributed by atoms with van der Waals surface area (Å²) in [4.78, 5) is 21.9. The lowest BCUT2D eigenvalue weighted by atomic mass is 9.81. The van der Waals surface area contributed by atoms with E-state index < -0.39 is 0 Å². The van der Waals surface area contributed by atoms with E-state index in [4.69, 9.17) is 4.99 Å². The molecule has 2 aromatic carbocycles. The van der Waals surface area contributed by atoms with Gasteiger partial charge in [-0.2, -0.15) is 0 Å². The molecule has 1 fully saturated rings. The van der Waals surface area contributed by atoms with Crippen molar-refractivity contribution in [2.45, 2.75) is 38.0 Å². The molecule has 0 radical (unpaired) electrons. The molecule has 29 heavy (non-hydrogen) atoms. The number of hydrogen-bond donors (Lipinski definition) is 1. The van der Waals surface area contributed by atoms with E-state index >= 15 is 0 Å². The molecule has 2 aliphatic heterocycles. The van der Waals surface area contributed by atoms with Crippen LogP contribution in [0, 0.1) is 0 Å². The van der Waals surface area contributed by atoms with Gasteiger partial charge in [-0.15, -0.1) is 0 Å². The van der Waals surface area contributed by atoms with Gasteiger partial charge in [0.25, 0.3) is 0 Å². The fourth-order valence-corrected chi connectivity index (χ4v) is 4.97. The Bertz CT molecular complexity index is 957. The highest BCUT2D eigenvalue weighted by molar-refractivity contribution is 6.16. The molecule has 4 nitrogen and oxygen atoms in total. The minimum absolute atomic E-state index is 0.218. The maximum Gasteiger partial charge on any atom is 0.166 e. The average molecular weight is 387 g/mol. The number of fused-ring (bicyclic) bond motifs is 1. The summed E-state index contributed by atoms with van der Waals surface area (Å²) in [7, 11) is 0. The Labute approximate surface area is 172 Å². The number of hydrogen-bond acceptors (Lipinski definition) is 3. The third kappa shape index (κ3) is 3.65. The summed E-state index contributed by atoms with van der Waals surface area (Å²) >= 11 is 0. The third-order valence-corrected chi connectivity index (χ3v) is 6.53. The molecule has 5 rings (SSSR count). The van der Waals surface area contributed by atoms with Gasteiger partial charge in [0.2, 0.25) is 0 Å². The van der Waals surface area contributed by atoms with Gasteiger partial charge < -0.3 is 4.90 Å². The van der Waals surface area contributed by atoms with E-state index in [9.17, 15) is 4.79 Å². The molecule has 1 N–H and O–H groups in total. The molecule has 2 aromatic rings. The molecule has 2 heterocycles. The molecule has 0 aromatic heterocycles. The second-order valence-corrected chi connectivity index (χ2v) is 8.44.